The Morgan fingerprint density at radius 2 is 2.00 bits per heavy atom. The largest absolute Gasteiger partial charge is 0.330 e. The van der Waals surface area contributed by atoms with Crippen molar-refractivity contribution in [3.05, 3.63) is 18.1 Å². The molecule has 1 fully saturated rings. The van der Waals surface area contributed by atoms with E-state index in [1.54, 1.807) is 24.2 Å². The van der Waals surface area contributed by atoms with Gasteiger partial charge in [-0.25, -0.2) is 4.98 Å². The normalized spacial score (nSPS) is 17.4. The summed E-state index contributed by atoms with van der Waals surface area (Å²) in [5.41, 5.74) is 6.81. The molecule has 102 valence electrons. The molecule has 4 nitrogen and oxygen atoms in total. The van der Waals surface area contributed by atoms with Crippen LogP contribution < -0.4 is 5.73 Å². The van der Waals surface area contributed by atoms with Crippen molar-refractivity contribution in [1.29, 1.82) is 0 Å². The van der Waals surface area contributed by atoms with Crippen LogP contribution in [-0.2, 0) is 6.54 Å². The maximum Gasteiger partial charge on any atom is 0.119 e. The fourth-order valence-electron chi connectivity index (χ4n) is 2.23. The minimum absolute atomic E-state index is 0. The topological polar surface area (TPSA) is 55.0 Å². The molecule has 0 radical (unpaired) electrons. The molecule has 0 aromatic carbocycles. The number of hydrogen-bond acceptors (Lipinski definition) is 5. The number of nitrogens with zero attached hydrogens (tertiary/aromatic N) is 3. The number of nitrogens with two attached hydrogens (primary N) is 1. The molecule has 1 aliphatic heterocycles. The van der Waals surface area contributed by atoms with Gasteiger partial charge in [-0.05, 0) is 44.6 Å². The van der Waals surface area contributed by atoms with E-state index in [2.05, 4.69) is 14.9 Å². The van der Waals surface area contributed by atoms with Crippen LogP contribution in [0.25, 0.3) is 0 Å². The first kappa shape index (κ1) is 15.7. The Bertz CT molecular complexity index is 356. The van der Waals surface area contributed by atoms with Crippen LogP contribution in [0.2, 0.25) is 0 Å². The Morgan fingerprint density at radius 1 is 1.33 bits per heavy atom. The fraction of sp³-hybridized carbons (Fsp3) is 0.667. The van der Waals surface area contributed by atoms with E-state index in [0.29, 0.717) is 5.92 Å². The van der Waals surface area contributed by atoms with Crippen LogP contribution in [-0.4, -0.2) is 40.8 Å². The van der Waals surface area contributed by atoms with Crippen LogP contribution in [0.5, 0.6) is 0 Å². The Morgan fingerprint density at radius 3 is 2.61 bits per heavy atom. The van der Waals surface area contributed by atoms with Crippen LogP contribution in [0.1, 0.15) is 18.5 Å². The second-order valence-corrected chi connectivity index (χ2v) is 5.26. The van der Waals surface area contributed by atoms with Crippen LogP contribution in [0, 0.1) is 5.92 Å². The molecule has 1 aliphatic rings. The summed E-state index contributed by atoms with van der Waals surface area (Å²) in [6.07, 6.45) is 8.02. The molecule has 1 aromatic heterocycles. The molecule has 0 amide bonds. The monoisotopic (exact) mass is 288 g/mol. The van der Waals surface area contributed by atoms with E-state index < -0.39 is 0 Å². The first-order valence-corrected chi connectivity index (χ1v) is 7.32. The molecule has 6 heteroatoms. The molecular weight excluding hydrogens is 268 g/mol. The summed E-state index contributed by atoms with van der Waals surface area (Å²) in [5.74, 6) is 0.716. The summed E-state index contributed by atoms with van der Waals surface area (Å²) >= 11 is 1.67. The molecule has 18 heavy (non-hydrogen) atoms. The highest BCUT2D eigenvalue weighted by molar-refractivity contribution is 7.98. The van der Waals surface area contributed by atoms with Gasteiger partial charge in [-0.3, -0.25) is 9.88 Å². The average Bonchev–Trinajstić information content (AvgIpc) is 2.40. The summed E-state index contributed by atoms with van der Waals surface area (Å²) in [6, 6.07) is 0. The molecule has 0 spiro atoms. The van der Waals surface area contributed by atoms with Gasteiger partial charge in [-0.15, -0.1) is 24.2 Å². The lowest BCUT2D eigenvalue weighted by atomic mass is 9.97. The molecule has 1 saturated heterocycles. The predicted octanol–water partition coefficient (Wildman–Crippen LogP) is 1.79. The number of aromatic nitrogens is 2. The third kappa shape index (κ3) is 4.09. The van der Waals surface area contributed by atoms with E-state index in [9.17, 15) is 0 Å². The minimum atomic E-state index is 0. The number of likely N-dealkylation sites (tertiary alicyclic amines) is 1. The number of piperidine rings is 1. The summed E-state index contributed by atoms with van der Waals surface area (Å²) in [4.78, 5) is 11.2. The Hall–Kier alpha value is -0.360. The van der Waals surface area contributed by atoms with Crippen molar-refractivity contribution < 1.29 is 0 Å². The molecule has 0 aliphatic carbocycles. The van der Waals surface area contributed by atoms with Gasteiger partial charge in [0.15, 0.2) is 0 Å². The number of thioether (sulfide) groups is 1. The van der Waals surface area contributed by atoms with Gasteiger partial charge in [0.2, 0.25) is 0 Å². The van der Waals surface area contributed by atoms with Crippen LogP contribution in [0.3, 0.4) is 0 Å². The van der Waals surface area contributed by atoms with Gasteiger partial charge in [0.05, 0.1) is 5.69 Å². The van der Waals surface area contributed by atoms with Gasteiger partial charge in [0.25, 0.3) is 0 Å². The van der Waals surface area contributed by atoms with Crippen LogP contribution in [0.15, 0.2) is 17.4 Å². The van der Waals surface area contributed by atoms with E-state index in [4.69, 9.17) is 5.73 Å². The standard InChI is InChI=1S/C12H20N4S.ClH/c1-17-12-11(14-4-5-15-12)9-16-6-2-10(8-13)3-7-16;/h4-5,10H,2-3,6-9,13H2,1H3;1H. The first-order chi connectivity index (χ1) is 8.33. The SMILES string of the molecule is CSc1nccnc1CN1CCC(CN)CC1.Cl. The van der Waals surface area contributed by atoms with Crippen molar-refractivity contribution in [3.8, 4) is 0 Å². The number of hydrogen-bond donors (Lipinski definition) is 1. The van der Waals surface area contributed by atoms with Crippen molar-refractivity contribution in [2.45, 2.75) is 24.4 Å². The lowest BCUT2D eigenvalue weighted by molar-refractivity contribution is 0.177. The molecular formula is C12H21ClN4S. The van der Waals surface area contributed by atoms with E-state index in [0.717, 1.165) is 36.9 Å². The average molecular weight is 289 g/mol. The summed E-state index contributed by atoms with van der Waals surface area (Å²) in [6.45, 7) is 4.01. The zero-order valence-electron chi connectivity index (χ0n) is 10.7. The van der Waals surface area contributed by atoms with E-state index >= 15 is 0 Å². The summed E-state index contributed by atoms with van der Waals surface area (Å²) < 4.78 is 0. The molecule has 0 unspecified atom stereocenters. The lowest BCUT2D eigenvalue weighted by Gasteiger charge is -2.31. The zero-order chi connectivity index (χ0) is 12.1. The second kappa shape index (κ2) is 7.94. The third-order valence-electron chi connectivity index (χ3n) is 3.34. The van der Waals surface area contributed by atoms with Crippen molar-refractivity contribution in [1.82, 2.24) is 14.9 Å². The van der Waals surface area contributed by atoms with Crippen molar-refractivity contribution in [3.63, 3.8) is 0 Å². The van der Waals surface area contributed by atoms with E-state index in [1.165, 1.54) is 12.8 Å². The second-order valence-electron chi connectivity index (χ2n) is 4.47. The van der Waals surface area contributed by atoms with Gasteiger partial charge in [-0.2, -0.15) is 0 Å². The lowest BCUT2D eigenvalue weighted by Crippen LogP contribution is -2.35. The van der Waals surface area contributed by atoms with Crippen molar-refractivity contribution in [2.24, 2.45) is 11.7 Å². The summed E-state index contributed by atoms with van der Waals surface area (Å²) in [7, 11) is 0. The number of halogens is 1. The molecule has 0 saturated carbocycles. The van der Waals surface area contributed by atoms with E-state index in [-0.39, 0.29) is 12.4 Å². The molecule has 1 aromatic rings. The molecule has 2 N–H and O–H groups in total. The Labute approximate surface area is 119 Å². The molecule has 2 heterocycles. The van der Waals surface area contributed by atoms with Crippen molar-refractivity contribution in [2.75, 3.05) is 25.9 Å². The van der Waals surface area contributed by atoms with Gasteiger partial charge >= 0.3 is 0 Å². The van der Waals surface area contributed by atoms with Gasteiger partial charge in [0.1, 0.15) is 5.03 Å². The zero-order valence-corrected chi connectivity index (χ0v) is 12.3. The van der Waals surface area contributed by atoms with Gasteiger partial charge in [-0.1, -0.05) is 0 Å². The summed E-state index contributed by atoms with van der Waals surface area (Å²) in [5, 5.41) is 1.05. The minimum Gasteiger partial charge on any atom is -0.330 e. The highest BCUT2D eigenvalue weighted by atomic mass is 35.5. The smallest absolute Gasteiger partial charge is 0.119 e. The fourth-order valence-corrected chi connectivity index (χ4v) is 2.74. The molecule has 0 atom stereocenters. The van der Waals surface area contributed by atoms with Crippen LogP contribution in [0.4, 0.5) is 0 Å². The maximum absolute atomic E-state index is 5.70. The molecule has 0 bridgehead atoms. The molecule has 2 rings (SSSR count). The highest BCUT2D eigenvalue weighted by Gasteiger charge is 2.19. The van der Waals surface area contributed by atoms with Crippen LogP contribution >= 0.6 is 24.2 Å². The third-order valence-corrected chi connectivity index (χ3v) is 4.07. The maximum atomic E-state index is 5.70. The Kier molecular flexibility index (Phi) is 6.92. The van der Waals surface area contributed by atoms with Gasteiger partial charge < -0.3 is 5.73 Å². The van der Waals surface area contributed by atoms with Crippen molar-refractivity contribution >= 4 is 24.2 Å². The number of rotatable bonds is 4. The van der Waals surface area contributed by atoms with Gasteiger partial charge in [0, 0.05) is 18.9 Å². The predicted molar refractivity (Wildman–Crippen MR) is 78.1 cm³/mol. The van der Waals surface area contributed by atoms with E-state index in [1.807, 2.05) is 6.26 Å². The highest BCUT2D eigenvalue weighted by Crippen LogP contribution is 2.20. The first-order valence-electron chi connectivity index (χ1n) is 6.09. The Balaban J connectivity index is 0.00000162. The quantitative estimate of drug-likeness (QED) is 0.856.